The maximum Gasteiger partial charge on any atom is 0.244 e. The second-order valence-corrected chi connectivity index (χ2v) is 7.29. The van der Waals surface area contributed by atoms with Gasteiger partial charge in [-0.05, 0) is 18.9 Å². The highest BCUT2D eigenvalue weighted by atomic mass is 16.5. The number of aromatic nitrogens is 2. The molecule has 0 radical (unpaired) electrons. The molecule has 1 amide bonds. The minimum Gasteiger partial charge on any atom is -0.389 e. The van der Waals surface area contributed by atoms with E-state index in [0.717, 1.165) is 5.69 Å². The molecule has 25 heavy (non-hydrogen) atoms. The van der Waals surface area contributed by atoms with E-state index >= 15 is 0 Å². The average molecular weight is 350 g/mol. The Morgan fingerprint density at radius 2 is 1.96 bits per heavy atom. The molecule has 1 saturated carbocycles. The third kappa shape index (κ3) is 3.72. The van der Waals surface area contributed by atoms with Gasteiger partial charge in [0.05, 0.1) is 31.1 Å². The van der Waals surface area contributed by atoms with Gasteiger partial charge in [0.25, 0.3) is 0 Å². The van der Waals surface area contributed by atoms with Crippen LogP contribution in [-0.4, -0.2) is 93.3 Å². The molecular formula is C17H26N4O4. The van der Waals surface area contributed by atoms with Gasteiger partial charge in [0.2, 0.25) is 5.91 Å². The molecule has 0 bridgehead atoms. The quantitative estimate of drug-likeness (QED) is 0.726. The summed E-state index contributed by atoms with van der Waals surface area (Å²) >= 11 is 0. The van der Waals surface area contributed by atoms with Crippen LogP contribution in [0.4, 0.5) is 0 Å². The first kappa shape index (κ1) is 17.0. The minimum atomic E-state index is -0.834. The summed E-state index contributed by atoms with van der Waals surface area (Å²) in [5.41, 5.74) is 1.10. The molecule has 1 aromatic rings. The van der Waals surface area contributed by atoms with Gasteiger partial charge in [0.15, 0.2) is 0 Å². The number of rotatable bonds is 4. The Balaban J connectivity index is 1.28. The molecule has 8 nitrogen and oxygen atoms in total. The van der Waals surface area contributed by atoms with E-state index in [2.05, 4.69) is 10.00 Å². The van der Waals surface area contributed by atoms with Gasteiger partial charge in [-0.15, -0.1) is 0 Å². The van der Waals surface area contributed by atoms with Crippen molar-refractivity contribution in [1.29, 1.82) is 0 Å². The molecule has 3 atom stereocenters. The van der Waals surface area contributed by atoms with Gasteiger partial charge in [0, 0.05) is 38.3 Å². The maximum atomic E-state index is 12.5. The summed E-state index contributed by atoms with van der Waals surface area (Å²) in [5, 5.41) is 24.4. The summed E-state index contributed by atoms with van der Waals surface area (Å²) in [5.74, 6) is 0.671. The number of aliphatic hydroxyl groups is 2. The predicted octanol–water partition coefficient (Wildman–Crippen LogP) is -0.975. The lowest BCUT2D eigenvalue weighted by Crippen LogP contribution is -2.61. The average Bonchev–Trinajstić information content (AvgIpc) is 3.37. The minimum absolute atomic E-state index is 0.0746. The molecule has 0 unspecified atom stereocenters. The first-order valence-corrected chi connectivity index (χ1v) is 9.11. The zero-order chi connectivity index (χ0) is 17.4. The van der Waals surface area contributed by atoms with Crippen LogP contribution >= 0.6 is 0 Å². The molecule has 8 heteroatoms. The van der Waals surface area contributed by atoms with Crippen LogP contribution in [0.5, 0.6) is 0 Å². The van der Waals surface area contributed by atoms with Crippen molar-refractivity contribution in [3.05, 3.63) is 18.0 Å². The van der Waals surface area contributed by atoms with E-state index in [1.165, 1.54) is 12.8 Å². The van der Waals surface area contributed by atoms with E-state index in [1.54, 1.807) is 4.68 Å². The first-order chi connectivity index (χ1) is 12.1. The molecule has 138 valence electrons. The lowest BCUT2D eigenvalue weighted by Gasteiger charge is -2.43. The van der Waals surface area contributed by atoms with Crippen molar-refractivity contribution in [1.82, 2.24) is 19.6 Å². The van der Waals surface area contributed by atoms with Gasteiger partial charge in [-0.1, -0.05) is 0 Å². The number of aliphatic hydroxyl groups excluding tert-OH is 2. The Morgan fingerprint density at radius 3 is 2.68 bits per heavy atom. The number of amides is 1. The highest BCUT2D eigenvalue weighted by molar-refractivity contribution is 5.76. The van der Waals surface area contributed by atoms with Crippen molar-refractivity contribution in [2.75, 3.05) is 39.4 Å². The van der Waals surface area contributed by atoms with E-state index in [-0.39, 0.29) is 25.1 Å². The fourth-order valence-corrected chi connectivity index (χ4v) is 3.69. The number of carbonyl (C=O) groups excluding carboxylic acids is 1. The fraction of sp³-hybridized carbons (Fsp3) is 0.765. The summed E-state index contributed by atoms with van der Waals surface area (Å²) in [6.45, 7) is 3.47. The molecule has 2 N–H and O–H groups in total. The molecule has 3 heterocycles. The number of carbonyl (C=O) groups is 1. The first-order valence-electron chi connectivity index (χ1n) is 9.11. The van der Waals surface area contributed by atoms with Gasteiger partial charge >= 0.3 is 0 Å². The number of ether oxygens (including phenoxy) is 1. The standard InChI is InChI=1S/C17H26N4O4/c22-15-11-25-10-14(17(15)24)19-5-7-20(8-6-19)16(23)9-21-4-3-13(18-21)12-1-2-12/h3-4,12,14-15,17,22,24H,1-2,5-11H2/t14-,15-,17+/m1/s1. The maximum absolute atomic E-state index is 12.5. The van der Waals surface area contributed by atoms with Crippen molar-refractivity contribution >= 4 is 5.91 Å². The normalized spacial score (nSPS) is 31.3. The molecule has 3 fully saturated rings. The molecular weight excluding hydrogens is 324 g/mol. The fourth-order valence-electron chi connectivity index (χ4n) is 3.69. The summed E-state index contributed by atoms with van der Waals surface area (Å²) in [4.78, 5) is 16.4. The number of nitrogens with zero attached hydrogens (tertiary/aromatic N) is 4. The van der Waals surface area contributed by atoms with Gasteiger partial charge in [-0.3, -0.25) is 14.4 Å². The van der Waals surface area contributed by atoms with Crippen LogP contribution in [-0.2, 0) is 16.1 Å². The van der Waals surface area contributed by atoms with Crippen LogP contribution in [0.15, 0.2) is 12.3 Å². The molecule has 1 aromatic heterocycles. The summed E-state index contributed by atoms with van der Waals surface area (Å²) < 4.78 is 7.09. The summed E-state index contributed by atoms with van der Waals surface area (Å²) in [6.07, 6.45) is 2.68. The smallest absolute Gasteiger partial charge is 0.244 e. The summed E-state index contributed by atoms with van der Waals surface area (Å²) in [7, 11) is 0. The monoisotopic (exact) mass is 350 g/mol. The van der Waals surface area contributed by atoms with Gasteiger partial charge in [-0.25, -0.2) is 0 Å². The second-order valence-electron chi connectivity index (χ2n) is 7.29. The molecule has 4 rings (SSSR count). The Hall–Kier alpha value is -1.48. The van der Waals surface area contributed by atoms with Crippen molar-refractivity contribution in [3.8, 4) is 0 Å². The lowest BCUT2D eigenvalue weighted by atomic mass is 10.0. The molecule has 2 saturated heterocycles. The highest BCUT2D eigenvalue weighted by Crippen LogP contribution is 2.38. The van der Waals surface area contributed by atoms with Crippen LogP contribution < -0.4 is 0 Å². The molecule has 1 aliphatic carbocycles. The van der Waals surface area contributed by atoms with Crippen molar-refractivity contribution in [3.63, 3.8) is 0 Å². The van der Waals surface area contributed by atoms with Crippen molar-refractivity contribution in [2.24, 2.45) is 0 Å². The largest absolute Gasteiger partial charge is 0.389 e. The molecule has 0 spiro atoms. The lowest BCUT2D eigenvalue weighted by molar-refractivity contribution is -0.145. The number of hydrogen-bond acceptors (Lipinski definition) is 6. The topological polar surface area (TPSA) is 91.1 Å². The van der Waals surface area contributed by atoms with Gasteiger partial charge < -0.3 is 19.8 Å². The van der Waals surface area contributed by atoms with Crippen molar-refractivity contribution < 1.29 is 19.7 Å². The van der Waals surface area contributed by atoms with E-state index in [0.29, 0.717) is 38.7 Å². The highest BCUT2D eigenvalue weighted by Gasteiger charge is 2.37. The Kier molecular flexibility index (Phi) is 4.77. The molecule has 2 aliphatic heterocycles. The van der Waals surface area contributed by atoms with E-state index in [4.69, 9.17) is 4.74 Å². The van der Waals surface area contributed by atoms with Crippen molar-refractivity contribution in [2.45, 2.75) is 43.6 Å². The van der Waals surface area contributed by atoms with Crippen LogP contribution in [0.1, 0.15) is 24.5 Å². The third-order valence-corrected chi connectivity index (χ3v) is 5.46. The van der Waals surface area contributed by atoms with Crippen LogP contribution in [0.2, 0.25) is 0 Å². The van der Waals surface area contributed by atoms with E-state index in [9.17, 15) is 15.0 Å². The van der Waals surface area contributed by atoms with Gasteiger partial charge in [-0.2, -0.15) is 5.10 Å². The van der Waals surface area contributed by atoms with Crippen LogP contribution in [0.25, 0.3) is 0 Å². The number of hydrogen-bond donors (Lipinski definition) is 2. The Bertz CT molecular complexity index is 610. The zero-order valence-corrected chi connectivity index (χ0v) is 14.3. The van der Waals surface area contributed by atoms with E-state index < -0.39 is 12.2 Å². The third-order valence-electron chi connectivity index (χ3n) is 5.46. The summed E-state index contributed by atoms with van der Waals surface area (Å²) in [6, 6.07) is 1.81. The second kappa shape index (κ2) is 7.03. The van der Waals surface area contributed by atoms with Gasteiger partial charge in [0.1, 0.15) is 12.6 Å². The Morgan fingerprint density at radius 1 is 1.20 bits per heavy atom. The van der Waals surface area contributed by atoms with Crippen LogP contribution in [0.3, 0.4) is 0 Å². The SMILES string of the molecule is O=C(Cn1ccc(C2CC2)n1)N1CCN([C@@H]2COC[C@@H](O)[C@H]2O)CC1. The van der Waals surface area contributed by atoms with Crippen LogP contribution in [0, 0.1) is 0 Å². The molecule has 0 aromatic carbocycles. The van der Waals surface area contributed by atoms with E-state index in [1.807, 2.05) is 17.2 Å². The Labute approximate surface area is 147 Å². The predicted molar refractivity (Wildman–Crippen MR) is 89.0 cm³/mol. The zero-order valence-electron chi connectivity index (χ0n) is 14.3. The molecule has 3 aliphatic rings. The number of piperazine rings is 1.